The zero-order chi connectivity index (χ0) is 10.7. The van der Waals surface area contributed by atoms with Crippen LogP contribution in [0.2, 0.25) is 0 Å². The van der Waals surface area contributed by atoms with E-state index in [1.165, 1.54) is 51.6 Å². The maximum absolute atomic E-state index is 3.74. The van der Waals surface area contributed by atoms with Gasteiger partial charge in [0.25, 0.3) is 0 Å². The van der Waals surface area contributed by atoms with Crippen molar-refractivity contribution in [3.8, 4) is 0 Å². The van der Waals surface area contributed by atoms with Gasteiger partial charge in [0.05, 0.1) is 0 Å². The number of nitrogens with zero attached hydrogens (tertiary/aromatic N) is 1. The summed E-state index contributed by atoms with van der Waals surface area (Å²) in [5.41, 5.74) is 0. The van der Waals surface area contributed by atoms with Gasteiger partial charge in [-0.25, -0.2) is 0 Å². The number of rotatable bonds is 4. The minimum atomic E-state index is 0.725. The molecule has 2 rings (SSSR count). The highest BCUT2D eigenvalue weighted by molar-refractivity contribution is 4.83. The van der Waals surface area contributed by atoms with Crippen molar-refractivity contribution in [1.29, 1.82) is 0 Å². The van der Waals surface area contributed by atoms with Crippen molar-refractivity contribution in [3.63, 3.8) is 0 Å². The zero-order valence-corrected chi connectivity index (χ0v) is 10.3. The lowest BCUT2D eigenvalue weighted by Crippen LogP contribution is -2.44. The van der Waals surface area contributed by atoms with E-state index in [9.17, 15) is 0 Å². The average Bonchev–Trinajstić information content (AvgIpc) is 2.84. The summed E-state index contributed by atoms with van der Waals surface area (Å²) in [7, 11) is 0. The molecule has 1 aliphatic heterocycles. The van der Waals surface area contributed by atoms with Crippen molar-refractivity contribution < 1.29 is 0 Å². The molecule has 2 aliphatic rings. The molecule has 0 amide bonds. The van der Waals surface area contributed by atoms with E-state index in [1.54, 1.807) is 0 Å². The van der Waals surface area contributed by atoms with E-state index in [0.717, 1.165) is 18.1 Å². The van der Waals surface area contributed by atoms with Crippen molar-refractivity contribution in [3.05, 3.63) is 0 Å². The number of likely N-dealkylation sites (tertiary alicyclic amines) is 1. The van der Waals surface area contributed by atoms with Crippen LogP contribution >= 0.6 is 0 Å². The maximum Gasteiger partial charge on any atom is 0.0195 e. The first-order valence-corrected chi connectivity index (χ1v) is 6.76. The van der Waals surface area contributed by atoms with E-state index in [-0.39, 0.29) is 0 Å². The minimum Gasteiger partial charge on any atom is -0.312 e. The molecule has 2 nitrogen and oxygen atoms in total. The third-order valence-electron chi connectivity index (χ3n) is 4.23. The minimum absolute atomic E-state index is 0.725. The van der Waals surface area contributed by atoms with Crippen LogP contribution in [0, 0.1) is 0 Å². The third kappa shape index (κ3) is 2.94. The lowest BCUT2D eigenvalue weighted by Gasteiger charge is -2.29. The quantitative estimate of drug-likeness (QED) is 0.766. The Labute approximate surface area is 94.4 Å². The Morgan fingerprint density at radius 1 is 1.20 bits per heavy atom. The fraction of sp³-hybridized carbons (Fsp3) is 1.00. The average molecular weight is 210 g/mol. The van der Waals surface area contributed by atoms with Crippen LogP contribution in [0.1, 0.15) is 52.4 Å². The molecular weight excluding hydrogens is 184 g/mol. The van der Waals surface area contributed by atoms with Gasteiger partial charge >= 0.3 is 0 Å². The Hall–Kier alpha value is -0.0800. The van der Waals surface area contributed by atoms with Crippen LogP contribution in [0.25, 0.3) is 0 Å². The van der Waals surface area contributed by atoms with Crippen LogP contribution in [0.4, 0.5) is 0 Å². The Balaban J connectivity index is 1.69. The second-order valence-corrected chi connectivity index (χ2v) is 5.47. The van der Waals surface area contributed by atoms with Gasteiger partial charge in [0.15, 0.2) is 0 Å². The second kappa shape index (κ2) is 5.31. The summed E-state index contributed by atoms with van der Waals surface area (Å²) in [6, 6.07) is 2.36. The largest absolute Gasteiger partial charge is 0.312 e. The summed E-state index contributed by atoms with van der Waals surface area (Å²) < 4.78 is 0. The van der Waals surface area contributed by atoms with Gasteiger partial charge in [-0.2, -0.15) is 0 Å². The smallest absolute Gasteiger partial charge is 0.0195 e. The summed E-state index contributed by atoms with van der Waals surface area (Å²) >= 11 is 0. The van der Waals surface area contributed by atoms with Gasteiger partial charge in [0, 0.05) is 24.7 Å². The van der Waals surface area contributed by atoms with Gasteiger partial charge in [-0.1, -0.05) is 12.8 Å². The Morgan fingerprint density at radius 2 is 1.93 bits per heavy atom. The summed E-state index contributed by atoms with van der Waals surface area (Å²) in [5, 5.41) is 3.74. The van der Waals surface area contributed by atoms with Crippen LogP contribution < -0.4 is 5.32 Å². The molecule has 1 N–H and O–H groups in total. The molecule has 0 bridgehead atoms. The molecule has 2 unspecified atom stereocenters. The number of hydrogen-bond donors (Lipinski definition) is 1. The van der Waals surface area contributed by atoms with Crippen LogP contribution in [-0.2, 0) is 0 Å². The summed E-state index contributed by atoms with van der Waals surface area (Å²) in [4.78, 5) is 2.67. The van der Waals surface area contributed by atoms with Crippen molar-refractivity contribution in [2.24, 2.45) is 0 Å². The molecule has 2 fully saturated rings. The fourth-order valence-electron chi connectivity index (χ4n) is 3.19. The van der Waals surface area contributed by atoms with E-state index in [4.69, 9.17) is 0 Å². The van der Waals surface area contributed by atoms with Crippen LogP contribution in [0.5, 0.6) is 0 Å². The van der Waals surface area contributed by atoms with Gasteiger partial charge in [0.1, 0.15) is 0 Å². The lowest BCUT2D eigenvalue weighted by molar-refractivity contribution is 0.194. The number of hydrogen-bond acceptors (Lipinski definition) is 2. The predicted molar refractivity (Wildman–Crippen MR) is 65.1 cm³/mol. The van der Waals surface area contributed by atoms with Crippen molar-refractivity contribution in [2.75, 3.05) is 13.1 Å². The van der Waals surface area contributed by atoms with E-state index >= 15 is 0 Å². The topological polar surface area (TPSA) is 15.3 Å². The number of nitrogens with one attached hydrogen (secondary N) is 1. The van der Waals surface area contributed by atoms with E-state index in [1.807, 2.05) is 0 Å². The summed E-state index contributed by atoms with van der Waals surface area (Å²) in [5.74, 6) is 0. The molecule has 1 heterocycles. The maximum atomic E-state index is 3.74. The summed E-state index contributed by atoms with van der Waals surface area (Å²) in [6.07, 6.45) is 8.48. The van der Waals surface area contributed by atoms with E-state index in [2.05, 4.69) is 24.1 Å². The normalized spacial score (nSPS) is 31.2. The zero-order valence-electron chi connectivity index (χ0n) is 10.3. The molecule has 0 radical (unpaired) electrons. The molecule has 1 aliphatic carbocycles. The van der Waals surface area contributed by atoms with Gasteiger partial charge in [-0.05, 0) is 46.1 Å². The molecule has 0 spiro atoms. The molecule has 2 heteroatoms. The molecule has 88 valence electrons. The highest BCUT2D eigenvalue weighted by Gasteiger charge is 2.25. The molecule has 1 saturated carbocycles. The van der Waals surface area contributed by atoms with Crippen molar-refractivity contribution in [1.82, 2.24) is 10.2 Å². The van der Waals surface area contributed by atoms with Gasteiger partial charge in [-0.15, -0.1) is 0 Å². The fourth-order valence-corrected chi connectivity index (χ4v) is 3.19. The SMILES string of the molecule is CC1CCCN1C(C)CNC1CCCC1. The lowest BCUT2D eigenvalue weighted by atomic mass is 10.2. The first-order chi connectivity index (χ1) is 7.27. The van der Waals surface area contributed by atoms with Gasteiger partial charge in [0.2, 0.25) is 0 Å². The molecule has 0 aromatic rings. The van der Waals surface area contributed by atoms with Gasteiger partial charge < -0.3 is 5.32 Å². The van der Waals surface area contributed by atoms with E-state index < -0.39 is 0 Å². The monoisotopic (exact) mass is 210 g/mol. The Bertz CT molecular complexity index is 187. The van der Waals surface area contributed by atoms with Crippen molar-refractivity contribution >= 4 is 0 Å². The van der Waals surface area contributed by atoms with E-state index in [0.29, 0.717) is 0 Å². The summed E-state index contributed by atoms with van der Waals surface area (Å²) in [6.45, 7) is 7.26. The molecule has 15 heavy (non-hydrogen) atoms. The Morgan fingerprint density at radius 3 is 2.53 bits per heavy atom. The third-order valence-corrected chi connectivity index (χ3v) is 4.23. The van der Waals surface area contributed by atoms with Crippen LogP contribution in [-0.4, -0.2) is 36.1 Å². The first-order valence-electron chi connectivity index (χ1n) is 6.76. The van der Waals surface area contributed by atoms with Crippen LogP contribution in [0.3, 0.4) is 0 Å². The molecule has 0 aromatic heterocycles. The van der Waals surface area contributed by atoms with Gasteiger partial charge in [-0.3, -0.25) is 4.90 Å². The second-order valence-electron chi connectivity index (χ2n) is 5.47. The van der Waals surface area contributed by atoms with Crippen molar-refractivity contribution in [2.45, 2.75) is 70.5 Å². The predicted octanol–water partition coefficient (Wildman–Crippen LogP) is 2.39. The highest BCUT2D eigenvalue weighted by Crippen LogP contribution is 2.20. The highest BCUT2D eigenvalue weighted by atomic mass is 15.2. The molecule has 1 saturated heterocycles. The molecule has 2 atom stereocenters. The molecular formula is C13H26N2. The van der Waals surface area contributed by atoms with Crippen LogP contribution in [0.15, 0.2) is 0 Å². The standard InChI is InChI=1S/C13H26N2/c1-11-6-5-9-15(11)12(2)10-14-13-7-3-4-8-13/h11-14H,3-10H2,1-2H3. The molecule has 0 aromatic carbocycles. The first kappa shape index (κ1) is 11.4. The Kier molecular flexibility index (Phi) is 4.04.